The van der Waals surface area contributed by atoms with E-state index in [0.29, 0.717) is 12.8 Å². The molecule has 0 N–H and O–H groups in total. The SMILES string of the molecule is CCCCCCCCCC(CCCCCCCCC)(CCCCCCCC(=O)OC(CCCCCCC)CCCCCCCC)OC(=O)CCCN(C)C. The molecule has 0 aliphatic heterocycles. The number of hydrogen-bond acceptors (Lipinski definition) is 5. The van der Waals surface area contributed by atoms with Crippen molar-refractivity contribution in [1.82, 2.24) is 4.90 Å². The molecule has 54 heavy (non-hydrogen) atoms. The summed E-state index contributed by atoms with van der Waals surface area (Å²) >= 11 is 0. The molecule has 0 saturated heterocycles. The van der Waals surface area contributed by atoms with Crippen molar-refractivity contribution in [3.63, 3.8) is 0 Å². The number of ether oxygens (including phenoxy) is 2. The first-order chi connectivity index (χ1) is 26.3. The van der Waals surface area contributed by atoms with Crippen molar-refractivity contribution < 1.29 is 19.1 Å². The first kappa shape index (κ1) is 52.9. The number of unbranched alkanes of at least 4 members (excludes halogenated alkanes) is 25. The molecule has 5 heteroatoms. The van der Waals surface area contributed by atoms with Crippen molar-refractivity contribution in [2.75, 3.05) is 20.6 Å². The van der Waals surface area contributed by atoms with Crippen molar-refractivity contribution in [1.29, 1.82) is 0 Å². The van der Waals surface area contributed by atoms with E-state index in [1.807, 2.05) is 0 Å². The van der Waals surface area contributed by atoms with E-state index in [4.69, 9.17) is 9.47 Å². The lowest BCUT2D eigenvalue weighted by atomic mass is 9.84. The summed E-state index contributed by atoms with van der Waals surface area (Å²) in [7, 11) is 4.15. The number of rotatable bonds is 43. The second kappa shape index (κ2) is 40.1. The molecule has 0 fully saturated rings. The highest BCUT2D eigenvalue weighted by molar-refractivity contribution is 5.70. The molecule has 0 aliphatic carbocycles. The van der Waals surface area contributed by atoms with Crippen LogP contribution in [0.15, 0.2) is 0 Å². The maximum absolute atomic E-state index is 13.3. The van der Waals surface area contributed by atoms with Crippen LogP contribution < -0.4 is 0 Å². The Morgan fingerprint density at radius 2 is 0.759 bits per heavy atom. The van der Waals surface area contributed by atoms with Crippen molar-refractivity contribution in [2.45, 2.75) is 283 Å². The molecule has 0 aromatic carbocycles. The van der Waals surface area contributed by atoms with E-state index in [1.54, 1.807) is 0 Å². The standard InChI is InChI=1S/C49H97NO4/c1-7-11-15-19-22-28-34-42-49(43-35-29-23-20-16-12-8-2,54-48(52)41-37-45-50(5)6)44-36-30-24-27-33-40-47(51)53-46(38-31-25-18-14-10-4)39-32-26-21-17-13-9-3/h46H,7-45H2,1-6H3. The molecule has 5 nitrogen and oxygen atoms in total. The molecule has 0 saturated carbocycles. The second-order valence-corrected chi connectivity index (χ2v) is 17.4. The van der Waals surface area contributed by atoms with E-state index in [-0.39, 0.29) is 23.6 Å². The van der Waals surface area contributed by atoms with Crippen molar-refractivity contribution in [3.8, 4) is 0 Å². The number of carbonyl (C=O) groups excluding carboxylic acids is 2. The summed E-state index contributed by atoms with van der Waals surface area (Å²) in [6.45, 7) is 10.0. The summed E-state index contributed by atoms with van der Waals surface area (Å²) in [4.78, 5) is 28.4. The molecule has 0 aromatic rings. The summed E-state index contributed by atoms with van der Waals surface area (Å²) in [6.07, 6.45) is 44.5. The fourth-order valence-electron chi connectivity index (χ4n) is 8.05. The maximum atomic E-state index is 13.3. The Labute approximate surface area is 339 Å². The average Bonchev–Trinajstić information content (AvgIpc) is 3.14. The topological polar surface area (TPSA) is 55.8 Å². The third-order valence-corrected chi connectivity index (χ3v) is 11.6. The molecule has 0 heterocycles. The highest BCUT2D eigenvalue weighted by Gasteiger charge is 2.33. The highest BCUT2D eigenvalue weighted by atomic mass is 16.6. The van der Waals surface area contributed by atoms with Gasteiger partial charge in [-0.15, -0.1) is 0 Å². The van der Waals surface area contributed by atoms with Gasteiger partial charge in [-0.1, -0.05) is 182 Å². The van der Waals surface area contributed by atoms with Gasteiger partial charge in [0.1, 0.15) is 11.7 Å². The lowest BCUT2D eigenvalue weighted by Crippen LogP contribution is -2.35. The van der Waals surface area contributed by atoms with Crippen LogP contribution in [0.1, 0.15) is 272 Å². The van der Waals surface area contributed by atoms with Gasteiger partial charge in [0, 0.05) is 12.8 Å². The predicted molar refractivity (Wildman–Crippen MR) is 235 cm³/mol. The van der Waals surface area contributed by atoms with E-state index in [9.17, 15) is 9.59 Å². The Morgan fingerprint density at radius 3 is 1.15 bits per heavy atom. The van der Waals surface area contributed by atoms with E-state index in [2.05, 4.69) is 46.7 Å². The summed E-state index contributed by atoms with van der Waals surface area (Å²) in [5, 5.41) is 0. The Morgan fingerprint density at radius 1 is 0.426 bits per heavy atom. The first-order valence-electron chi connectivity index (χ1n) is 24.4. The Hall–Kier alpha value is -1.10. The average molecular weight is 764 g/mol. The fourth-order valence-corrected chi connectivity index (χ4v) is 8.05. The first-order valence-corrected chi connectivity index (χ1v) is 24.4. The van der Waals surface area contributed by atoms with Gasteiger partial charge in [0.25, 0.3) is 0 Å². The van der Waals surface area contributed by atoms with E-state index in [0.717, 1.165) is 90.0 Å². The zero-order valence-corrected chi connectivity index (χ0v) is 37.7. The summed E-state index contributed by atoms with van der Waals surface area (Å²) in [5.74, 6) is 0.0288. The van der Waals surface area contributed by atoms with Gasteiger partial charge >= 0.3 is 11.9 Å². The number of carbonyl (C=O) groups is 2. The van der Waals surface area contributed by atoms with Crippen LogP contribution >= 0.6 is 0 Å². The zero-order valence-electron chi connectivity index (χ0n) is 37.7. The molecule has 0 aliphatic rings. The molecular weight excluding hydrogens is 667 g/mol. The maximum Gasteiger partial charge on any atom is 0.306 e. The van der Waals surface area contributed by atoms with Gasteiger partial charge in [0.05, 0.1) is 0 Å². The van der Waals surface area contributed by atoms with Crippen LogP contribution in [0.4, 0.5) is 0 Å². The molecule has 0 bridgehead atoms. The van der Waals surface area contributed by atoms with E-state index >= 15 is 0 Å². The zero-order chi connectivity index (χ0) is 39.8. The summed E-state index contributed by atoms with van der Waals surface area (Å²) < 4.78 is 12.7. The molecule has 0 aromatic heterocycles. The van der Waals surface area contributed by atoms with Gasteiger partial charge in [-0.2, -0.15) is 0 Å². The van der Waals surface area contributed by atoms with Crippen LogP contribution in [0.25, 0.3) is 0 Å². The van der Waals surface area contributed by atoms with Crippen LogP contribution in [0.5, 0.6) is 0 Å². The van der Waals surface area contributed by atoms with Crippen LogP contribution in [-0.4, -0.2) is 49.2 Å². The van der Waals surface area contributed by atoms with Crippen LogP contribution in [0, 0.1) is 0 Å². The minimum atomic E-state index is -0.312. The lowest BCUT2D eigenvalue weighted by Gasteiger charge is -2.34. The monoisotopic (exact) mass is 764 g/mol. The molecule has 1 atom stereocenters. The fraction of sp³-hybridized carbons (Fsp3) is 0.959. The molecular formula is C49H97NO4. The van der Waals surface area contributed by atoms with Gasteiger partial charge in [-0.25, -0.2) is 0 Å². The minimum Gasteiger partial charge on any atom is -0.462 e. The minimum absolute atomic E-state index is 0.0111. The Bertz CT molecular complexity index is 781. The predicted octanol–water partition coefficient (Wildman–Crippen LogP) is 15.6. The molecule has 0 rings (SSSR count). The van der Waals surface area contributed by atoms with E-state index < -0.39 is 0 Å². The highest BCUT2D eigenvalue weighted by Crippen LogP contribution is 2.34. The van der Waals surface area contributed by atoms with E-state index in [1.165, 1.54) is 148 Å². The smallest absolute Gasteiger partial charge is 0.306 e. The van der Waals surface area contributed by atoms with Gasteiger partial charge < -0.3 is 14.4 Å². The summed E-state index contributed by atoms with van der Waals surface area (Å²) in [6, 6.07) is 0. The normalized spacial score (nSPS) is 12.4. The van der Waals surface area contributed by atoms with Crippen molar-refractivity contribution in [2.24, 2.45) is 0 Å². The van der Waals surface area contributed by atoms with Gasteiger partial charge in [-0.05, 0) is 97.7 Å². The quantitative estimate of drug-likeness (QED) is 0.0457. The third kappa shape index (κ3) is 35.3. The second-order valence-electron chi connectivity index (χ2n) is 17.4. The van der Waals surface area contributed by atoms with Gasteiger partial charge in [0.2, 0.25) is 0 Å². The third-order valence-electron chi connectivity index (χ3n) is 11.6. The molecule has 0 spiro atoms. The van der Waals surface area contributed by atoms with Crippen molar-refractivity contribution >= 4 is 11.9 Å². The molecule has 1 unspecified atom stereocenters. The molecule has 0 radical (unpaired) electrons. The van der Waals surface area contributed by atoms with Crippen LogP contribution in [0.2, 0.25) is 0 Å². The largest absolute Gasteiger partial charge is 0.462 e. The van der Waals surface area contributed by atoms with Gasteiger partial charge in [0.15, 0.2) is 0 Å². The van der Waals surface area contributed by atoms with Crippen LogP contribution in [-0.2, 0) is 19.1 Å². The molecule has 0 amide bonds. The summed E-state index contributed by atoms with van der Waals surface area (Å²) in [5.41, 5.74) is -0.312. The number of hydrogen-bond donors (Lipinski definition) is 0. The Balaban J connectivity index is 5.06. The van der Waals surface area contributed by atoms with Crippen molar-refractivity contribution in [3.05, 3.63) is 0 Å². The Kier molecular flexibility index (Phi) is 39.3. The van der Waals surface area contributed by atoms with Gasteiger partial charge in [-0.3, -0.25) is 9.59 Å². The lowest BCUT2D eigenvalue weighted by molar-refractivity contribution is -0.163. The number of esters is 2. The molecule has 322 valence electrons. The van der Waals surface area contributed by atoms with Crippen LogP contribution in [0.3, 0.4) is 0 Å². The number of nitrogens with zero attached hydrogens (tertiary/aromatic N) is 1.